The van der Waals surface area contributed by atoms with Gasteiger partial charge in [-0.15, -0.1) is 0 Å². The Labute approximate surface area is 115 Å². The third-order valence-electron chi connectivity index (χ3n) is 2.78. The molecule has 1 N–H and O–H groups in total. The third kappa shape index (κ3) is 4.95. The highest BCUT2D eigenvalue weighted by molar-refractivity contribution is 6.31. The Bertz CT molecular complexity index is 387. The highest BCUT2D eigenvalue weighted by Gasteiger charge is 2.25. The van der Waals surface area contributed by atoms with Gasteiger partial charge >= 0.3 is 0 Å². The molecule has 1 aromatic rings. The minimum absolute atomic E-state index is 0.0517. The van der Waals surface area contributed by atoms with E-state index < -0.39 is 0 Å². The molecule has 0 aliphatic rings. The van der Waals surface area contributed by atoms with Crippen molar-refractivity contribution >= 4 is 11.6 Å². The number of nitrogens with one attached hydrogen (secondary N) is 1. The number of benzene rings is 1. The summed E-state index contributed by atoms with van der Waals surface area (Å²) in [5.74, 6) is -0.249. The first-order valence-corrected chi connectivity index (χ1v) is 6.66. The van der Waals surface area contributed by atoms with Crippen LogP contribution in [0.3, 0.4) is 0 Å². The van der Waals surface area contributed by atoms with Crippen molar-refractivity contribution in [3.05, 3.63) is 34.6 Å². The van der Waals surface area contributed by atoms with Gasteiger partial charge in [-0.3, -0.25) is 0 Å². The van der Waals surface area contributed by atoms with E-state index in [1.165, 1.54) is 6.07 Å². The van der Waals surface area contributed by atoms with Crippen molar-refractivity contribution in [2.45, 2.75) is 53.1 Å². The molecular weight excluding hydrogens is 249 g/mol. The van der Waals surface area contributed by atoms with E-state index in [1.54, 1.807) is 12.1 Å². The van der Waals surface area contributed by atoms with Gasteiger partial charge in [-0.1, -0.05) is 38.4 Å². The first-order chi connectivity index (χ1) is 8.11. The van der Waals surface area contributed by atoms with Gasteiger partial charge in [0.25, 0.3) is 0 Å². The fourth-order valence-corrected chi connectivity index (χ4v) is 2.65. The van der Waals surface area contributed by atoms with Crippen molar-refractivity contribution < 1.29 is 4.39 Å². The van der Waals surface area contributed by atoms with Crippen LogP contribution in [0, 0.1) is 11.2 Å². The van der Waals surface area contributed by atoms with Gasteiger partial charge in [0.05, 0.1) is 0 Å². The highest BCUT2D eigenvalue weighted by atomic mass is 35.5. The van der Waals surface area contributed by atoms with E-state index in [0.717, 1.165) is 6.42 Å². The van der Waals surface area contributed by atoms with Crippen LogP contribution in [-0.4, -0.2) is 5.54 Å². The molecular formula is C15H23ClFN. The maximum atomic E-state index is 13.6. The molecule has 0 atom stereocenters. The Morgan fingerprint density at radius 1 is 1.17 bits per heavy atom. The van der Waals surface area contributed by atoms with Crippen molar-refractivity contribution in [1.29, 1.82) is 0 Å². The molecule has 0 amide bonds. The summed E-state index contributed by atoms with van der Waals surface area (Å²) in [4.78, 5) is 0. The summed E-state index contributed by atoms with van der Waals surface area (Å²) < 4.78 is 13.6. The van der Waals surface area contributed by atoms with E-state index in [-0.39, 0.29) is 16.8 Å². The fourth-order valence-electron chi connectivity index (χ4n) is 2.42. The van der Waals surface area contributed by atoms with E-state index in [9.17, 15) is 4.39 Å². The van der Waals surface area contributed by atoms with Crippen LogP contribution in [0.25, 0.3) is 0 Å². The molecule has 18 heavy (non-hydrogen) atoms. The zero-order valence-electron chi connectivity index (χ0n) is 11.9. The van der Waals surface area contributed by atoms with Crippen LogP contribution in [0.15, 0.2) is 18.2 Å². The lowest BCUT2D eigenvalue weighted by Gasteiger charge is -2.33. The Kier molecular flexibility index (Phi) is 4.79. The number of hydrogen-bond acceptors (Lipinski definition) is 1. The van der Waals surface area contributed by atoms with Gasteiger partial charge in [0.1, 0.15) is 5.82 Å². The van der Waals surface area contributed by atoms with E-state index in [0.29, 0.717) is 17.1 Å². The molecule has 0 aliphatic carbocycles. The second kappa shape index (κ2) is 5.58. The fraction of sp³-hybridized carbons (Fsp3) is 0.600. The van der Waals surface area contributed by atoms with Crippen molar-refractivity contribution in [3.63, 3.8) is 0 Å². The molecule has 0 bridgehead atoms. The largest absolute Gasteiger partial charge is 0.308 e. The Balaban J connectivity index is 2.70. The van der Waals surface area contributed by atoms with E-state index in [1.807, 2.05) is 0 Å². The van der Waals surface area contributed by atoms with Crippen LogP contribution in [0.5, 0.6) is 0 Å². The first-order valence-electron chi connectivity index (χ1n) is 6.29. The van der Waals surface area contributed by atoms with Crippen molar-refractivity contribution in [2.24, 2.45) is 5.41 Å². The van der Waals surface area contributed by atoms with Crippen LogP contribution in [0.4, 0.5) is 4.39 Å². The minimum Gasteiger partial charge on any atom is -0.308 e. The van der Waals surface area contributed by atoms with Crippen LogP contribution in [0.2, 0.25) is 5.02 Å². The predicted octanol–water partition coefficient (Wildman–Crippen LogP) is 4.78. The molecule has 0 saturated heterocycles. The molecule has 102 valence electrons. The summed E-state index contributed by atoms with van der Waals surface area (Å²) in [7, 11) is 0. The van der Waals surface area contributed by atoms with Gasteiger partial charge in [0.15, 0.2) is 0 Å². The van der Waals surface area contributed by atoms with Gasteiger partial charge in [-0.25, -0.2) is 4.39 Å². The first kappa shape index (κ1) is 15.5. The summed E-state index contributed by atoms with van der Waals surface area (Å²) in [6.45, 7) is 11.3. The molecule has 1 rings (SSSR count). The predicted molar refractivity (Wildman–Crippen MR) is 76.4 cm³/mol. The molecule has 1 aromatic carbocycles. The lowest BCUT2D eigenvalue weighted by Crippen LogP contribution is -2.42. The average Bonchev–Trinajstić information content (AvgIpc) is 2.12. The summed E-state index contributed by atoms with van der Waals surface area (Å²) in [6.07, 6.45) is 1.01. The second-order valence-electron chi connectivity index (χ2n) is 6.68. The van der Waals surface area contributed by atoms with E-state index in [2.05, 4.69) is 39.9 Å². The number of rotatable bonds is 4. The molecule has 0 radical (unpaired) electrons. The summed E-state index contributed by atoms with van der Waals surface area (Å²) in [6, 6.07) is 4.79. The van der Waals surface area contributed by atoms with E-state index >= 15 is 0 Å². The lowest BCUT2D eigenvalue weighted by molar-refractivity contribution is 0.240. The van der Waals surface area contributed by atoms with Gasteiger partial charge in [0, 0.05) is 22.7 Å². The van der Waals surface area contributed by atoms with Gasteiger partial charge < -0.3 is 5.32 Å². The molecule has 0 fully saturated rings. The molecule has 0 spiro atoms. The van der Waals surface area contributed by atoms with Gasteiger partial charge in [0.2, 0.25) is 0 Å². The Morgan fingerprint density at radius 2 is 1.78 bits per heavy atom. The molecule has 0 saturated carbocycles. The van der Waals surface area contributed by atoms with Crippen LogP contribution >= 0.6 is 11.6 Å². The lowest BCUT2D eigenvalue weighted by atomic mass is 9.82. The minimum atomic E-state index is -0.249. The third-order valence-corrected chi connectivity index (χ3v) is 3.13. The van der Waals surface area contributed by atoms with E-state index in [4.69, 9.17) is 11.6 Å². The van der Waals surface area contributed by atoms with Gasteiger partial charge in [-0.2, -0.15) is 0 Å². The standard InChI is InChI=1S/C15H23ClFN/c1-14(2,3)10-15(4,5)18-9-11-12(16)7-6-8-13(11)17/h6-8,18H,9-10H2,1-5H3. The monoisotopic (exact) mass is 271 g/mol. The summed E-state index contributed by atoms with van der Waals surface area (Å²) >= 11 is 6.01. The molecule has 0 aliphatic heterocycles. The summed E-state index contributed by atoms with van der Waals surface area (Å²) in [5, 5.41) is 3.87. The number of halogens is 2. The van der Waals surface area contributed by atoms with Crippen LogP contribution < -0.4 is 5.32 Å². The average molecular weight is 272 g/mol. The smallest absolute Gasteiger partial charge is 0.129 e. The maximum Gasteiger partial charge on any atom is 0.129 e. The maximum absolute atomic E-state index is 13.6. The van der Waals surface area contributed by atoms with Crippen molar-refractivity contribution in [2.75, 3.05) is 0 Å². The molecule has 3 heteroatoms. The highest BCUT2D eigenvalue weighted by Crippen LogP contribution is 2.27. The normalized spacial score (nSPS) is 12.8. The Morgan fingerprint density at radius 3 is 2.28 bits per heavy atom. The second-order valence-corrected chi connectivity index (χ2v) is 7.08. The zero-order chi connectivity index (χ0) is 14.0. The van der Waals surface area contributed by atoms with Crippen molar-refractivity contribution in [3.8, 4) is 0 Å². The zero-order valence-corrected chi connectivity index (χ0v) is 12.7. The SMILES string of the molecule is CC(C)(C)CC(C)(C)NCc1c(F)cccc1Cl. The quantitative estimate of drug-likeness (QED) is 0.831. The number of hydrogen-bond donors (Lipinski definition) is 1. The van der Waals surface area contributed by atoms with Crippen LogP contribution in [-0.2, 0) is 6.54 Å². The van der Waals surface area contributed by atoms with Crippen molar-refractivity contribution in [1.82, 2.24) is 5.32 Å². The summed E-state index contributed by atoms with van der Waals surface area (Å²) in [5.41, 5.74) is 0.723. The topological polar surface area (TPSA) is 12.0 Å². The molecule has 0 aromatic heterocycles. The molecule has 0 heterocycles. The van der Waals surface area contributed by atoms with Gasteiger partial charge in [-0.05, 0) is 37.8 Å². The Hall–Kier alpha value is -0.600. The molecule has 0 unspecified atom stereocenters. The van der Waals surface area contributed by atoms with Crippen LogP contribution in [0.1, 0.15) is 46.6 Å². The molecule has 1 nitrogen and oxygen atoms in total.